The van der Waals surface area contributed by atoms with Crippen LogP contribution in [0.1, 0.15) is 12.5 Å². The van der Waals surface area contributed by atoms with Crippen LogP contribution < -0.4 is 15.8 Å². The number of hydrogen-bond donors (Lipinski definition) is 3. The van der Waals surface area contributed by atoms with Crippen LogP contribution in [0.5, 0.6) is 0 Å². The first-order valence-electron chi connectivity index (χ1n) is 5.45. The fourth-order valence-electron chi connectivity index (χ4n) is 1.88. The standard InChI is InChI=1S/C11H19N3O3S/c1-7(15)6-14(3)10-4-9(12)5-11(8(10)2)18(13,16)17/h4-5,7,15H,6,12H2,1-3H3,(H2,13,16,17). The topological polar surface area (TPSA) is 110 Å². The Morgan fingerprint density at radius 2 is 2.00 bits per heavy atom. The highest BCUT2D eigenvalue weighted by Gasteiger charge is 2.18. The van der Waals surface area contributed by atoms with Gasteiger partial charge in [-0.15, -0.1) is 0 Å². The summed E-state index contributed by atoms with van der Waals surface area (Å²) in [6.45, 7) is 3.68. The molecule has 5 N–H and O–H groups in total. The quantitative estimate of drug-likeness (QED) is 0.671. The number of aliphatic hydroxyl groups excluding tert-OH is 1. The van der Waals surface area contributed by atoms with E-state index in [1.165, 1.54) is 6.07 Å². The molecule has 0 aliphatic heterocycles. The fourth-order valence-corrected chi connectivity index (χ4v) is 2.71. The van der Waals surface area contributed by atoms with Gasteiger partial charge in [-0.3, -0.25) is 0 Å². The molecule has 102 valence electrons. The predicted molar refractivity (Wildman–Crippen MR) is 71.9 cm³/mol. The normalized spacial score (nSPS) is 13.4. The second-order valence-corrected chi connectivity index (χ2v) is 5.97. The molecular formula is C11H19N3O3S. The van der Waals surface area contributed by atoms with Gasteiger partial charge in [0, 0.05) is 25.0 Å². The van der Waals surface area contributed by atoms with E-state index in [0.29, 0.717) is 23.5 Å². The van der Waals surface area contributed by atoms with Gasteiger partial charge >= 0.3 is 0 Å². The third-order valence-corrected chi connectivity index (χ3v) is 3.65. The van der Waals surface area contributed by atoms with E-state index < -0.39 is 16.1 Å². The van der Waals surface area contributed by atoms with Crippen LogP contribution in [-0.4, -0.2) is 33.2 Å². The van der Waals surface area contributed by atoms with E-state index in [9.17, 15) is 13.5 Å². The van der Waals surface area contributed by atoms with Gasteiger partial charge in [0.25, 0.3) is 0 Å². The third kappa shape index (κ3) is 3.34. The summed E-state index contributed by atoms with van der Waals surface area (Å²) >= 11 is 0. The van der Waals surface area contributed by atoms with Crippen molar-refractivity contribution in [2.75, 3.05) is 24.2 Å². The van der Waals surface area contributed by atoms with Crippen molar-refractivity contribution < 1.29 is 13.5 Å². The van der Waals surface area contributed by atoms with Gasteiger partial charge in [-0.2, -0.15) is 0 Å². The van der Waals surface area contributed by atoms with Crippen LogP contribution in [0.3, 0.4) is 0 Å². The van der Waals surface area contributed by atoms with Crippen molar-refractivity contribution in [2.45, 2.75) is 24.8 Å². The van der Waals surface area contributed by atoms with E-state index in [2.05, 4.69) is 0 Å². The van der Waals surface area contributed by atoms with Crippen molar-refractivity contribution in [3.63, 3.8) is 0 Å². The van der Waals surface area contributed by atoms with E-state index in [0.717, 1.165) is 0 Å². The summed E-state index contributed by atoms with van der Waals surface area (Å²) in [6, 6.07) is 3.00. The van der Waals surface area contributed by atoms with Crippen molar-refractivity contribution >= 4 is 21.4 Å². The van der Waals surface area contributed by atoms with Crippen LogP contribution in [0, 0.1) is 6.92 Å². The molecule has 1 rings (SSSR count). The largest absolute Gasteiger partial charge is 0.399 e. The maximum atomic E-state index is 11.5. The molecule has 0 fully saturated rings. The second kappa shape index (κ2) is 5.13. The van der Waals surface area contributed by atoms with Crippen LogP contribution in [0.2, 0.25) is 0 Å². The van der Waals surface area contributed by atoms with Gasteiger partial charge in [-0.1, -0.05) is 0 Å². The Kier molecular flexibility index (Phi) is 4.20. The number of rotatable bonds is 4. The first-order valence-corrected chi connectivity index (χ1v) is 6.99. The molecule has 0 radical (unpaired) electrons. The number of nitrogens with two attached hydrogens (primary N) is 2. The van der Waals surface area contributed by atoms with E-state index in [-0.39, 0.29) is 4.90 Å². The molecule has 0 amide bonds. The SMILES string of the molecule is Cc1c(N(C)CC(C)O)cc(N)cc1S(N)(=O)=O. The van der Waals surface area contributed by atoms with Crippen molar-refractivity contribution in [2.24, 2.45) is 5.14 Å². The number of hydrogen-bond acceptors (Lipinski definition) is 5. The van der Waals surface area contributed by atoms with Crippen LogP contribution in [0.25, 0.3) is 0 Å². The van der Waals surface area contributed by atoms with Crippen LogP contribution >= 0.6 is 0 Å². The average molecular weight is 273 g/mol. The zero-order valence-corrected chi connectivity index (χ0v) is 11.5. The second-order valence-electron chi connectivity index (χ2n) is 4.44. The lowest BCUT2D eigenvalue weighted by Crippen LogP contribution is -2.28. The Hall–Kier alpha value is -1.31. The minimum Gasteiger partial charge on any atom is -0.399 e. The Balaban J connectivity index is 3.34. The zero-order chi connectivity index (χ0) is 14.1. The minimum absolute atomic E-state index is 0.00921. The summed E-state index contributed by atoms with van der Waals surface area (Å²) in [4.78, 5) is 1.75. The molecule has 0 heterocycles. The summed E-state index contributed by atoms with van der Waals surface area (Å²) in [6.07, 6.45) is -0.534. The molecule has 1 unspecified atom stereocenters. The number of nitrogens with zero attached hydrogens (tertiary/aromatic N) is 1. The molecule has 1 atom stereocenters. The fraction of sp³-hybridized carbons (Fsp3) is 0.455. The first kappa shape index (κ1) is 14.7. The summed E-state index contributed by atoms with van der Waals surface area (Å²) in [5.41, 5.74) is 7.16. The van der Waals surface area contributed by atoms with Gasteiger partial charge in [0.05, 0.1) is 11.0 Å². The highest BCUT2D eigenvalue weighted by atomic mass is 32.2. The predicted octanol–water partition coefficient (Wildman–Crippen LogP) is 0.0416. The van der Waals surface area contributed by atoms with E-state index >= 15 is 0 Å². The molecule has 0 aromatic heterocycles. The Bertz CT molecular complexity index is 541. The minimum atomic E-state index is -3.81. The molecule has 6 nitrogen and oxygen atoms in total. The van der Waals surface area contributed by atoms with Crippen molar-refractivity contribution in [1.29, 1.82) is 0 Å². The molecule has 0 bridgehead atoms. The van der Waals surface area contributed by atoms with E-state index in [1.807, 2.05) is 0 Å². The number of sulfonamides is 1. The number of anilines is 2. The van der Waals surface area contributed by atoms with Gasteiger partial charge in [0.2, 0.25) is 10.0 Å². The van der Waals surface area contributed by atoms with Gasteiger partial charge in [0.15, 0.2) is 0 Å². The maximum absolute atomic E-state index is 11.5. The Labute approximate surface area is 107 Å². The summed E-state index contributed by atoms with van der Waals surface area (Å²) in [5.74, 6) is 0. The summed E-state index contributed by atoms with van der Waals surface area (Å²) in [5, 5.41) is 14.5. The van der Waals surface area contributed by atoms with Gasteiger partial charge in [-0.05, 0) is 31.5 Å². The van der Waals surface area contributed by atoms with Crippen molar-refractivity contribution in [3.05, 3.63) is 17.7 Å². The third-order valence-electron chi connectivity index (χ3n) is 2.61. The molecular weight excluding hydrogens is 254 g/mol. The molecule has 0 spiro atoms. The molecule has 18 heavy (non-hydrogen) atoms. The smallest absolute Gasteiger partial charge is 0.238 e. The molecule has 1 aromatic rings. The molecule has 0 aliphatic rings. The molecule has 1 aromatic carbocycles. The number of likely N-dealkylation sites (N-methyl/N-ethyl adjacent to an activating group) is 1. The number of aliphatic hydroxyl groups is 1. The van der Waals surface area contributed by atoms with Gasteiger partial charge in [0.1, 0.15) is 0 Å². The number of primary sulfonamides is 1. The maximum Gasteiger partial charge on any atom is 0.238 e. The highest BCUT2D eigenvalue weighted by molar-refractivity contribution is 7.89. The lowest BCUT2D eigenvalue weighted by Gasteiger charge is -2.24. The summed E-state index contributed by atoms with van der Waals surface area (Å²) in [7, 11) is -2.06. The summed E-state index contributed by atoms with van der Waals surface area (Å²) < 4.78 is 22.9. The average Bonchev–Trinajstić information content (AvgIpc) is 2.18. The molecule has 0 aliphatic carbocycles. The number of benzene rings is 1. The first-order chi connectivity index (χ1) is 8.12. The molecule has 0 saturated heterocycles. The highest BCUT2D eigenvalue weighted by Crippen LogP contribution is 2.28. The van der Waals surface area contributed by atoms with Crippen LogP contribution in [0.4, 0.5) is 11.4 Å². The Morgan fingerprint density at radius 3 is 2.44 bits per heavy atom. The van der Waals surface area contributed by atoms with E-state index in [1.54, 1.807) is 31.9 Å². The van der Waals surface area contributed by atoms with Gasteiger partial charge < -0.3 is 15.7 Å². The van der Waals surface area contributed by atoms with Crippen LogP contribution in [-0.2, 0) is 10.0 Å². The van der Waals surface area contributed by atoms with E-state index in [4.69, 9.17) is 10.9 Å². The molecule has 0 saturated carbocycles. The van der Waals surface area contributed by atoms with Crippen molar-refractivity contribution in [3.8, 4) is 0 Å². The van der Waals surface area contributed by atoms with Crippen molar-refractivity contribution in [1.82, 2.24) is 0 Å². The number of nitrogen functional groups attached to an aromatic ring is 1. The molecule has 7 heteroatoms. The van der Waals surface area contributed by atoms with Crippen LogP contribution in [0.15, 0.2) is 17.0 Å². The monoisotopic (exact) mass is 273 g/mol. The zero-order valence-electron chi connectivity index (χ0n) is 10.7. The van der Waals surface area contributed by atoms with Gasteiger partial charge in [-0.25, -0.2) is 13.6 Å². The lowest BCUT2D eigenvalue weighted by molar-refractivity contribution is 0.201. The lowest BCUT2D eigenvalue weighted by atomic mass is 10.1. The Morgan fingerprint density at radius 1 is 1.44 bits per heavy atom.